The van der Waals surface area contributed by atoms with E-state index in [0.717, 1.165) is 5.69 Å². The molecule has 0 bridgehead atoms. The summed E-state index contributed by atoms with van der Waals surface area (Å²) in [6.45, 7) is 7.08. The molecule has 0 saturated carbocycles. The summed E-state index contributed by atoms with van der Waals surface area (Å²) in [6, 6.07) is 4.09. The number of carbonyl (C=O) groups is 1. The first-order valence-electron chi connectivity index (χ1n) is 11.3. The van der Waals surface area contributed by atoms with E-state index in [1.165, 1.54) is 29.8 Å². The van der Waals surface area contributed by atoms with Crippen molar-refractivity contribution in [1.82, 2.24) is 29.3 Å². The van der Waals surface area contributed by atoms with Crippen LogP contribution in [-0.2, 0) is 4.79 Å². The zero-order chi connectivity index (χ0) is 26.9. The van der Waals surface area contributed by atoms with Crippen molar-refractivity contribution in [2.75, 3.05) is 11.1 Å². The number of hydrogen-bond donors (Lipinski definition) is 4. The van der Waals surface area contributed by atoms with E-state index in [0.29, 0.717) is 44.3 Å². The van der Waals surface area contributed by atoms with Gasteiger partial charge in [-0.2, -0.15) is 9.97 Å². The Labute approximate surface area is 214 Å². The van der Waals surface area contributed by atoms with E-state index in [-0.39, 0.29) is 17.9 Å². The second-order valence-electron chi connectivity index (χ2n) is 8.33. The van der Waals surface area contributed by atoms with Crippen LogP contribution in [0.5, 0.6) is 0 Å². The summed E-state index contributed by atoms with van der Waals surface area (Å²) in [5.74, 6) is -0.660. The summed E-state index contributed by atoms with van der Waals surface area (Å²) >= 11 is 1.37. The largest absolute Gasteiger partial charge is 0.481 e. The minimum atomic E-state index is -0.745. The van der Waals surface area contributed by atoms with Gasteiger partial charge in [0.2, 0.25) is 5.95 Å². The Kier molecular flexibility index (Phi) is 7.16. The van der Waals surface area contributed by atoms with Gasteiger partial charge < -0.3 is 21.1 Å². The number of rotatable bonds is 5. The van der Waals surface area contributed by atoms with Crippen molar-refractivity contribution in [1.29, 1.82) is 0 Å². The predicted molar refractivity (Wildman–Crippen MR) is 140 cm³/mol. The zero-order valence-corrected chi connectivity index (χ0v) is 21.4. The Morgan fingerprint density at radius 2 is 2.00 bits per heavy atom. The van der Waals surface area contributed by atoms with Crippen LogP contribution >= 0.6 is 11.3 Å². The molecule has 11 nitrogen and oxygen atoms in total. The highest BCUT2D eigenvalue weighted by Gasteiger charge is 2.23. The van der Waals surface area contributed by atoms with Gasteiger partial charge in [0.25, 0.3) is 5.56 Å². The normalized spacial score (nSPS) is 11.8. The molecular weight excluding hydrogens is 499 g/mol. The first-order chi connectivity index (χ1) is 17.6. The molecule has 1 unspecified atom stereocenters. The highest BCUT2D eigenvalue weighted by Crippen LogP contribution is 2.30. The molecule has 37 heavy (non-hydrogen) atoms. The van der Waals surface area contributed by atoms with Gasteiger partial charge in [0.15, 0.2) is 16.4 Å². The summed E-state index contributed by atoms with van der Waals surface area (Å²) in [5, 5.41) is 12.9. The van der Waals surface area contributed by atoms with E-state index in [9.17, 15) is 14.0 Å². The van der Waals surface area contributed by atoms with Crippen molar-refractivity contribution in [3.8, 4) is 11.1 Å². The molecule has 0 saturated heterocycles. The smallest absolute Gasteiger partial charge is 0.303 e. The average molecular weight is 525 g/mol. The molecular formula is C24H25FN8O3S. The topological polar surface area (TPSA) is 164 Å². The van der Waals surface area contributed by atoms with Gasteiger partial charge in [-0.15, -0.1) is 11.3 Å². The van der Waals surface area contributed by atoms with Gasteiger partial charge in [0.05, 0.1) is 23.6 Å². The standard InChI is InChI=1S/C21H19FN8OS.C3H6O2/c1-9-4-12(6-13(22)5-9)14-15(27-21-30(19(14)31)10(2)7-32-21)11(3)26-18-16-17(25-8-24-16)28-20(23)29-18;1-2-3(4)5/h4-8,11H,1-3H3,(H4,23,24,25,26,28,29);2H2,1H3,(H,4,5). The maximum absolute atomic E-state index is 14.3. The third kappa shape index (κ3) is 5.26. The van der Waals surface area contributed by atoms with E-state index in [1.807, 2.05) is 19.2 Å². The number of nitrogens with zero attached hydrogens (tertiary/aromatic N) is 5. The molecule has 4 aromatic heterocycles. The Morgan fingerprint density at radius 3 is 2.68 bits per heavy atom. The number of anilines is 2. The monoisotopic (exact) mass is 524 g/mol. The second-order valence-corrected chi connectivity index (χ2v) is 9.17. The molecule has 1 aromatic carbocycles. The molecule has 13 heteroatoms. The minimum absolute atomic E-state index is 0.0673. The Morgan fingerprint density at radius 1 is 1.27 bits per heavy atom. The molecule has 192 valence electrons. The lowest BCUT2D eigenvalue weighted by atomic mass is 9.99. The summed E-state index contributed by atoms with van der Waals surface area (Å²) < 4.78 is 15.8. The molecule has 0 fully saturated rings. The SMILES string of the molecule is CCC(=O)O.Cc1cc(F)cc(-c2c(C(C)Nc3nc(N)nc4nc[nH]c34)nc3scc(C)n3c2=O)c1. The van der Waals surface area contributed by atoms with E-state index in [1.54, 1.807) is 24.3 Å². The number of aromatic nitrogens is 6. The Balaban J connectivity index is 0.000000586. The van der Waals surface area contributed by atoms with Crippen LogP contribution in [0, 0.1) is 19.7 Å². The number of H-pyrrole nitrogens is 1. The van der Waals surface area contributed by atoms with Gasteiger partial charge in [-0.05, 0) is 44.0 Å². The van der Waals surface area contributed by atoms with Crippen molar-refractivity contribution < 1.29 is 14.3 Å². The zero-order valence-electron chi connectivity index (χ0n) is 20.5. The fourth-order valence-corrected chi connectivity index (χ4v) is 4.66. The number of nitrogens with two attached hydrogens (primary N) is 1. The molecule has 0 aliphatic rings. The number of aryl methyl sites for hydroxylation is 2. The summed E-state index contributed by atoms with van der Waals surface area (Å²) in [6.07, 6.45) is 1.72. The number of fused-ring (bicyclic) bond motifs is 2. The van der Waals surface area contributed by atoms with Gasteiger partial charge in [-0.3, -0.25) is 14.0 Å². The van der Waals surface area contributed by atoms with E-state index < -0.39 is 17.8 Å². The third-order valence-corrected chi connectivity index (χ3v) is 6.41. The number of imidazole rings is 1. The number of aromatic amines is 1. The number of nitrogens with one attached hydrogen (secondary N) is 2. The highest BCUT2D eigenvalue weighted by molar-refractivity contribution is 7.15. The van der Waals surface area contributed by atoms with Gasteiger partial charge in [0, 0.05) is 17.5 Å². The lowest BCUT2D eigenvalue weighted by Crippen LogP contribution is -2.23. The maximum Gasteiger partial charge on any atom is 0.303 e. The molecule has 5 rings (SSSR count). The van der Waals surface area contributed by atoms with E-state index >= 15 is 0 Å². The predicted octanol–water partition coefficient (Wildman–Crippen LogP) is 4.08. The lowest BCUT2D eigenvalue weighted by molar-refractivity contribution is -0.136. The van der Waals surface area contributed by atoms with Crippen LogP contribution in [0.3, 0.4) is 0 Å². The first-order valence-corrected chi connectivity index (χ1v) is 12.2. The number of nitrogen functional groups attached to an aromatic ring is 1. The van der Waals surface area contributed by atoms with Crippen molar-refractivity contribution in [2.45, 2.75) is 40.2 Å². The molecule has 0 spiro atoms. The molecule has 0 aliphatic carbocycles. The Bertz CT molecular complexity index is 1660. The molecule has 0 radical (unpaired) electrons. The fraction of sp³-hybridized carbons (Fsp3) is 0.250. The van der Waals surface area contributed by atoms with E-state index in [2.05, 4.69) is 25.3 Å². The van der Waals surface area contributed by atoms with Crippen molar-refractivity contribution >= 4 is 45.2 Å². The number of carboxylic acid groups (broad SMARTS) is 1. The number of aliphatic carboxylic acids is 1. The van der Waals surface area contributed by atoms with Crippen molar-refractivity contribution in [2.24, 2.45) is 0 Å². The number of benzene rings is 1. The van der Waals surface area contributed by atoms with Crippen molar-refractivity contribution in [3.05, 3.63) is 63.0 Å². The molecule has 1 atom stereocenters. The third-order valence-electron chi connectivity index (χ3n) is 5.47. The molecule has 4 heterocycles. The number of thiazole rings is 1. The highest BCUT2D eigenvalue weighted by atomic mass is 32.1. The van der Waals surface area contributed by atoms with Crippen LogP contribution < -0.4 is 16.6 Å². The summed E-state index contributed by atoms with van der Waals surface area (Å²) in [4.78, 5) is 43.7. The summed E-state index contributed by atoms with van der Waals surface area (Å²) in [5.41, 5.74) is 9.34. The molecule has 5 N–H and O–H groups in total. The quantitative estimate of drug-likeness (QED) is 0.265. The maximum atomic E-state index is 14.3. The van der Waals surface area contributed by atoms with E-state index in [4.69, 9.17) is 15.8 Å². The van der Waals surface area contributed by atoms with Crippen LogP contribution in [0.4, 0.5) is 16.2 Å². The Hall–Kier alpha value is -4.39. The number of carboxylic acids is 1. The molecule has 0 amide bonds. The minimum Gasteiger partial charge on any atom is -0.481 e. The second kappa shape index (κ2) is 10.3. The van der Waals surface area contributed by atoms with Crippen LogP contribution in [0.15, 0.2) is 34.7 Å². The molecule has 0 aliphatic heterocycles. The van der Waals surface area contributed by atoms with Gasteiger partial charge >= 0.3 is 5.97 Å². The average Bonchev–Trinajstić information content (AvgIpc) is 3.45. The van der Waals surface area contributed by atoms with Crippen molar-refractivity contribution in [3.63, 3.8) is 0 Å². The number of halogens is 1. The van der Waals surface area contributed by atoms with Crippen LogP contribution in [0.25, 0.3) is 27.3 Å². The lowest BCUT2D eigenvalue weighted by Gasteiger charge is -2.18. The van der Waals surface area contributed by atoms with Gasteiger partial charge in [0.1, 0.15) is 11.3 Å². The molecule has 5 aromatic rings. The number of hydrogen-bond acceptors (Lipinski definition) is 9. The van der Waals surface area contributed by atoms with Crippen LogP contribution in [0.1, 0.15) is 43.3 Å². The fourth-order valence-electron chi connectivity index (χ4n) is 3.79. The van der Waals surface area contributed by atoms with Crippen LogP contribution in [-0.4, -0.2) is 40.4 Å². The first kappa shape index (κ1) is 25.7. The van der Waals surface area contributed by atoms with Gasteiger partial charge in [-0.1, -0.05) is 13.0 Å². The summed E-state index contributed by atoms with van der Waals surface area (Å²) in [7, 11) is 0. The van der Waals surface area contributed by atoms with Crippen LogP contribution in [0.2, 0.25) is 0 Å². The van der Waals surface area contributed by atoms with Gasteiger partial charge in [-0.25, -0.2) is 14.4 Å².